The molecule has 1 saturated heterocycles. The Bertz CT molecular complexity index is 1210. The first-order valence-corrected chi connectivity index (χ1v) is 11.5. The summed E-state index contributed by atoms with van der Waals surface area (Å²) in [4.78, 5) is 14.7. The summed E-state index contributed by atoms with van der Waals surface area (Å²) < 4.78 is 1.90. The number of para-hydroxylation sites is 1. The zero-order chi connectivity index (χ0) is 21.2. The van der Waals surface area contributed by atoms with Gasteiger partial charge < -0.3 is 4.90 Å². The number of hydrogen-bond acceptors (Lipinski definition) is 3. The highest BCUT2D eigenvalue weighted by atomic mass is 35.5. The highest BCUT2D eigenvalue weighted by Gasteiger charge is 2.36. The molecule has 5 rings (SSSR count). The molecule has 3 aromatic carbocycles. The molecule has 1 aliphatic rings. The molecule has 1 aromatic heterocycles. The fraction of sp³-hybridized carbons (Fsp3) is 0.120. The molecule has 0 radical (unpaired) electrons. The van der Waals surface area contributed by atoms with E-state index < -0.39 is 0 Å². The molecule has 0 aliphatic carbocycles. The molecule has 4 aromatic rings. The Labute approximate surface area is 190 Å². The summed E-state index contributed by atoms with van der Waals surface area (Å²) in [6.07, 6.45) is 2.05. The van der Waals surface area contributed by atoms with E-state index >= 15 is 0 Å². The van der Waals surface area contributed by atoms with Crippen molar-refractivity contribution in [3.05, 3.63) is 107 Å². The second-order valence-corrected chi connectivity index (χ2v) is 8.83. The molecule has 1 amide bonds. The van der Waals surface area contributed by atoms with Crippen molar-refractivity contribution >= 4 is 29.3 Å². The first-order chi connectivity index (χ1) is 15.2. The molecule has 0 unspecified atom stereocenters. The lowest BCUT2D eigenvalue weighted by Crippen LogP contribution is -2.27. The van der Waals surface area contributed by atoms with E-state index in [1.54, 1.807) is 11.8 Å². The molecule has 1 aliphatic heterocycles. The van der Waals surface area contributed by atoms with E-state index in [9.17, 15) is 4.79 Å². The lowest BCUT2D eigenvalue weighted by Gasteiger charge is -2.24. The molecule has 6 heteroatoms. The fourth-order valence-electron chi connectivity index (χ4n) is 3.79. The summed E-state index contributed by atoms with van der Waals surface area (Å²) in [5.41, 5.74) is 4.88. The van der Waals surface area contributed by atoms with Gasteiger partial charge >= 0.3 is 0 Å². The normalized spacial score (nSPS) is 16.1. The highest BCUT2D eigenvalue weighted by molar-refractivity contribution is 8.00. The van der Waals surface area contributed by atoms with Gasteiger partial charge in [-0.3, -0.25) is 4.79 Å². The van der Waals surface area contributed by atoms with Gasteiger partial charge in [-0.1, -0.05) is 78.3 Å². The summed E-state index contributed by atoms with van der Waals surface area (Å²) in [7, 11) is 0. The van der Waals surface area contributed by atoms with E-state index in [1.807, 2.05) is 88.6 Å². The average molecular weight is 446 g/mol. The van der Waals surface area contributed by atoms with E-state index in [1.165, 1.54) is 0 Å². The summed E-state index contributed by atoms with van der Waals surface area (Å²) in [6, 6.07) is 27.9. The molecule has 1 fully saturated rings. The fourth-order valence-corrected chi connectivity index (χ4v) is 5.18. The van der Waals surface area contributed by atoms with Gasteiger partial charge in [0.25, 0.3) is 0 Å². The minimum absolute atomic E-state index is 0.112. The van der Waals surface area contributed by atoms with Crippen molar-refractivity contribution in [3.63, 3.8) is 0 Å². The molecule has 0 saturated carbocycles. The highest BCUT2D eigenvalue weighted by Crippen LogP contribution is 2.43. The van der Waals surface area contributed by atoms with Gasteiger partial charge in [0.2, 0.25) is 5.91 Å². The maximum Gasteiger partial charge on any atom is 0.234 e. The molecule has 4 nitrogen and oxygen atoms in total. The van der Waals surface area contributed by atoms with Gasteiger partial charge in [0.1, 0.15) is 5.37 Å². The number of amides is 1. The third-order valence-corrected chi connectivity index (χ3v) is 6.95. The van der Waals surface area contributed by atoms with Gasteiger partial charge in [-0.05, 0) is 23.8 Å². The van der Waals surface area contributed by atoms with Crippen molar-refractivity contribution in [1.29, 1.82) is 0 Å². The number of nitrogens with zero attached hydrogens (tertiary/aromatic N) is 3. The van der Waals surface area contributed by atoms with Crippen LogP contribution in [-0.2, 0) is 11.3 Å². The molecular weight excluding hydrogens is 426 g/mol. The van der Waals surface area contributed by atoms with Crippen LogP contribution in [0.3, 0.4) is 0 Å². The van der Waals surface area contributed by atoms with Crippen molar-refractivity contribution in [3.8, 4) is 16.9 Å². The van der Waals surface area contributed by atoms with Crippen molar-refractivity contribution < 1.29 is 4.79 Å². The van der Waals surface area contributed by atoms with Gasteiger partial charge in [-0.2, -0.15) is 5.10 Å². The largest absolute Gasteiger partial charge is 0.321 e. The topological polar surface area (TPSA) is 38.1 Å². The summed E-state index contributed by atoms with van der Waals surface area (Å²) in [5.74, 6) is 0.557. The zero-order valence-electron chi connectivity index (χ0n) is 16.7. The molecule has 31 heavy (non-hydrogen) atoms. The third kappa shape index (κ3) is 3.99. The van der Waals surface area contributed by atoms with Crippen LogP contribution in [0.1, 0.15) is 16.5 Å². The summed E-state index contributed by atoms with van der Waals surface area (Å²) >= 11 is 8.03. The van der Waals surface area contributed by atoms with Crippen molar-refractivity contribution in [1.82, 2.24) is 14.7 Å². The SMILES string of the molecule is O=C1CS[C@@H](c2cn(-c3ccccc3)nc2-c2ccccc2)N1Cc1ccccc1Cl. The molecule has 2 heterocycles. The molecular formula is C25H20ClN3OS. The number of benzene rings is 3. The number of rotatable bonds is 5. The molecule has 0 N–H and O–H groups in total. The van der Waals surface area contributed by atoms with Crippen LogP contribution in [0, 0.1) is 0 Å². The van der Waals surface area contributed by atoms with Crippen LogP contribution in [0.15, 0.2) is 91.1 Å². The smallest absolute Gasteiger partial charge is 0.234 e. The number of carbonyl (C=O) groups excluding carboxylic acids is 1. The van der Waals surface area contributed by atoms with Crippen LogP contribution in [0.5, 0.6) is 0 Å². The first kappa shape index (κ1) is 19.9. The second kappa shape index (κ2) is 8.61. The van der Waals surface area contributed by atoms with Gasteiger partial charge in [0.15, 0.2) is 0 Å². The van der Waals surface area contributed by atoms with Crippen LogP contribution in [0.25, 0.3) is 16.9 Å². The lowest BCUT2D eigenvalue weighted by atomic mass is 10.1. The first-order valence-electron chi connectivity index (χ1n) is 10.1. The Morgan fingerprint density at radius 1 is 0.935 bits per heavy atom. The van der Waals surface area contributed by atoms with Crippen molar-refractivity contribution in [2.75, 3.05) is 5.75 Å². The van der Waals surface area contributed by atoms with Crippen LogP contribution in [-0.4, -0.2) is 26.3 Å². The molecule has 0 spiro atoms. The molecule has 0 bridgehead atoms. The third-order valence-electron chi connectivity index (χ3n) is 5.34. The van der Waals surface area contributed by atoms with Gasteiger partial charge in [0, 0.05) is 28.9 Å². The number of halogens is 1. The van der Waals surface area contributed by atoms with Gasteiger partial charge in [-0.25, -0.2) is 4.68 Å². The standard InChI is InChI=1S/C25H20ClN3OS/c26-22-14-8-7-11-19(22)15-28-23(30)17-31-25(28)21-16-29(20-12-5-2-6-13-20)27-24(21)18-9-3-1-4-10-18/h1-14,16,25H,15,17H2/t25-/m0/s1. The van der Waals surface area contributed by atoms with E-state index in [-0.39, 0.29) is 11.3 Å². The van der Waals surface area contributed by atoms with E-state index in [0.717, 1.165) is 28.1 Å². The molecule has 1 atom stereocenters. The summed E-state index contributed by atoms with van der Waals surface area (Å²) in [5, 5.41) is 5.47. The predicted molar refractivity (Wildman–Crippen MR) is 126 cm³/mol. The van der Waals surface area contributed by atoms with E-state index in [0.29, 0.717) is 17.3 Å². The monoisotopic (exact) mass is 445 g/mol. The molecule has 154 valence electrons. The minimum atomic E-state index is -0.128. The zero-order valence-corrected chi connectivity index (χ0v) is 18.3. The number of hydrogen-bond donors (Lipinski definition) is 0. The predicted octanol–water partition coefficient (Wildman–Crippen LogP) is 5.97. The van der Waals surface area contributed by atoms with E-state index in [2.05, 4.69) is 12.1 Å². The maximum atomic E-state index is 12.8. The number of aromatic nitrogens is 2. The number of thioether (sulfide) groups is 1. The lowest BCUT2D eigenvalue weighted by molar-refractivity contribution is -0.128. The Morgan fingerprint density at radius 3 is 2.35 bits per heavy atom. The maximum absolute atomic E-state index is 12.8. The Morgan fingerprint density at radius 2 is 1.61 bits per heavy atom. The van der Waals surface area contributed by atoms with E-state index in [4.69, 9.17) is 16.7 Å². The van der Waals surface area contributed by atoms with Crippen LogP contribution in [0.4, 0.5) is 0 Å². The van der Waals surface area contributed by atoms with Gasteiger partial charge in [0.05, 0.1) is 17.1 Å². The van der Waals surface area contributed by atoms with Crippen molar-refractivity contribution in [2.24, 2.45) is 0 Å². The number of carbonyl (C=O) groups is 1. The van der Waals surface area contributed by atoms with Crippen molar-refractivity contribution in [2.45, 2.75) is 11.9 Å². The van der Waals surface area contributed by atoms with Crippen LogP contribution < -0.4 is 0 Å². The van der Waals surface area contributed by atoms with Crippen LogP contribution in [0.2, 0.25) is 5.02 Å². The quantitative estimate of drug-likeness (QED) is 0.380. The average Bonchev–Trinajstić information content (AvgIpc) is 3.41. The van der Waals surface area contributed by atoms with Crippen LogP contribution >= 0.6 is 23.4 Å². The van der Waals surface area contributed by atoms with Gasteiger partial charge in [-0.15, -0.1) is 11.8 Å². The Hall–Kier alpha value is -3.02. The Kier molecular flexibility index (Phi) is 5.53. The second-order valence-electron chi connectivity index (χ2n) is 7.36. The summed E-state index contributed by atoms with van der Waals surface area (Å²) in [6.45, 7) is 0.473. The minimum Gasteiger partial charge on any atom is -0.321 e. The Balaban J connectivity index is 1.58.